The highest BCUT2D eigenvalue weighted by molar-refractivity contribution is 6.30. The highest BCUT2D eigenvalue weighted by atomic mass is 35.5. The number of nitrogens with one attached hydrogen (secondary N) is 1. The van der Waals surface area contributed by atoms with E-state index in [0.29, 0.717) is 16.9 Å². The molecule has 0 spiro atoms. The van der Waals surface area contributed by atoms with Crippen LogP contribution in [0.1, 0.15) is 32.6 Å². The lowest BCUT2D eigenvalue weighted by molar-refractivity contribution is -0.122. The number of anilines is 1. The molecule has 0 heterocycles. The molecule has 25 heavy (non-hydrogen) atoms. The van der Waals surface area contributed by atoms with E-state index in [2.05, 4.69) is 5.32 Å². The van der Waals surface area contributed by atoms with E-state index in [1.54, 1.807) is 31.2 Å². The fraction of sp³-hybridized carbons (Fsp3) is 0.350. The lowest BCUT2D eigenvalue weighted by Crippen LogP contribution is -2.30. The summed E-state index contributed by atoms with van der Waals surface area (Å²) in [4.78, 5) is 12.3. The van der Waals surface area contributed by atoms with Crippen LogP contribution in [0.15, 0.2) is 48.5 Å². The summed E-state index contributed by atoms with van der Waals surface area (Å²) in [6, 6.07) is 14.4. The summed E-state index contributed by atoms with van der Waals surface area (Å²) in [7, 11) is 0. The molecule has 2 aromatic carbocycles. The van der Waals surface area contributed by atoms with Crippen LogP contribution in [0.2, 0.25) is 5.02 Å². The van der Waals surface area contributed by atoms with Crippen LogP contribution in [0.25, 0.3) is 0 Å². The number of halogens is 1. The normalized spacial score (nSPS) is 15.6. The minimum Gasteiger partial charge on any atom is -0.490 e. The van der Waals surface area contributed by atoms with Gasteiger partial charge < -0.3 is 14.8 Å². The Morgan fingerprint density at radius 2 is 1.64 bits per heavy atom. The fourth-order valence-corrected chi connectivity index (χ4v) is 2.96. The number of amides is 1. The Morgan fingerprint density at radius 1 is 1.04 bits per heavy atom. The molecule has 1 fully saturated rings. The maximum Gasteiger partial charge on any atom is 0.265 e. The van der Waals surface area contributed by atoms with Crippen LogP contribution < -0.4 is 14.8 Å². The molecular formula is C20H22ClNO3. The molecule has 1 aliphatic rings. The summed E-state index contributed by atoms with van der Waals surface area (Å²) < 4.78 is 11.5. The zero-order chi connectivity index (χ0) is 17.6. The van der Waals surface area contributed by atoms with Gasteiger partial charge in [-0.3, -0.25) is 4.79 Å². The van der Waals surface area contributed by atoms with Crippen molar-refractivity contribution in [2.24, 2.45) is 0 Å². The number of hydrogen-bond acceptors (Lipinski definition) is 3. The molecular weight excluding hydrogens is 338 g/mol. The van der Waals surface area contributed by atoms with Gasteiger partial charge in [-0.25, -0.2) is 0 Å². The maximum absolute atomic E-state index is 12.3. The van der Waals surface area contributed by atoms with Gasteiger partial charge in [-0.2, -0.15) is 0 Å². The molecule has 1 N–H and O–H groups in total. The molecule has 1 aliphatic carbocycles. The van der Waals surface area contributed by atoms with Crippen LogP contribution in [-0.2, 0) is 4.79 Å². The zero-order valence-electron chi connectivity index (χ0n) is 14.2. The standard InChI is InChI=1S/C20H22ClNO3/c1-14(24-18-10-6-15(21)7-11-18)20(23)22-16-8-12-19(13-9-16)25-17-4-2-3-5-17/h6-14,17H,2-5H2,1H3,(H,22,23)/t14-/m1/s1. The molecule has 0 radical (unpaired) electrons. The second kappa shape index (κ2) is 8.26. The third-order valence-electron chi connectivity index (χ3n) is 4.22. The number of rotatable bonds is 6. The summed E-state index contributed by atoms with van der Waals surface area (Å²) in [6.07, 6.45) is 4.44. The van der Waals surface area contributed by atoms with Crippen molar-refractivity contribution < 1.29 is 14.3 Å². The molecule has 3 rings (SSSR count). The predicted molar refractivity (Wildman–Crippen MR) is 99.5 cm³/mol. The van der Waals surface area contributed by atoms with E-state index in [1.165, 1.54) is 12.8 Å². The molecule has 1 saturated carbocycles. The average molecular weight is 360 g/mol. The van der Waals surface area contributed by atoms with E-state index < -0.39 is 6.10 Å². The van der Waals surface area contributed by atoms with Crippen LogP contribution in [0.5, 0.6) is 11.5 Å². The van der Waals surface area contributed by atoms with Crippen molar-refractivity contribution in [3.8, 4) is 11.5 Å². The summed E-state index contributed by atoms with van der Waals surface area (Å²) in [5.74, 6) is 1.24. The molecule has 1 amide bonds. The number of carbonyl (C=O) groups excluding carboxylic acids is 1. The fourth-order valence-electron chi connectivity index (χ4n) is 2.83. The van der Waals surface area contributed by atoms with Gasteiger partial charge in [0.15, 0.2) is 6.10 Å². The van der Waals surface area contributed by atoms with E-state index >= 15 is 0 Å². The first-order valence-electron chi connectivity index (χ1n) is 8.60. The van der Waals surface area contributed by atoms with Crippen molar-refractivity contribution in [1.29, 1.82) is 0 Å². The smallest absolute Gasteiger partial charge is 0.265 e. The van der Waals surface area contributed by atoms with Gasteiger partial charge in [0.25, 0.3) is 5.91 Å². The molecule has 0 saturated heterocycles. The van der Waals surface area contributed by atoms with Crippen LogP contribution in [0, 0.1) is 0 Å². The van der Waals surface area contributed by atoms with Crippen LogP contribution in [0.3, 0.4) is 0 Å². The summed E-state index contributed by atoms with van der Waals surface area (Å²) in [5.41, 5.74) is 0.718. The molecule has 0 aliphatic heterocycles. The number of hydrogen-bond donors (Lipinski definition) is 1. The van der Waals surface area contributed by atoms with Crippen molar-refractivity contribution in [1.82, 2.24) is 0 Å². The highest BCUT2D eigenvalue weighted by Crippen LogP contribution is 2.25. The lowest BCUT2D eigenvalue weighted by Gasteiger charge is -2.16. The lowest BCUT2D eigenvalue weighted by atomic mass is 10.2. The molecule has 0 bridgehead atoms. The molecule has 1 atom stereocenters. The Bertz CT molecular complexity index is 694. The molecule has 0 aromatic heterocycles. The van der Waals surface area contributed by atoms with Crippen molar-refractivity contribution >= 4 is 23.2 Å². The minimum absolute atomic E-state index is 0.209. The van der Waals surface area contributed by atoms with Crippen molar-refractivity contribution in [2.45, 2.75) is 44.8 Å². The Kier molecular flexibility index (Phi) is 5.82. The van der Waals surface area contributed by atoms with Crippen LogP contribution in [-0.4, -0.2) is 18.1 Å². The zero-order valence-corrected chi connectivity index (χ0v) is 15.0. The van der Waals surface area contributed by atoms with Gasteiger partial charge in [-0.1, -0.05) is 11.6 Å². The molecule has 0 unspecified atom stereocenters. The van der Waals surface area contributed by atoms with Gasteiger partial charge in [0.2, 0.25) is 0 Å². The third kappa shape index (κ3) is 5.13. The predicted octanol–water partition coefficient (Wildman–Crippen LogP) is 5.07. The third-order valence-corrected chi connectivity index (χ3v) is 4.47. The Hall–Kier alpha value is -2.20. The van der Waals surface area contributed by atoms with E-state index in [1.807, 2.05) is 24.3 Å². The van der Waals surface area contributed by atoms with E-state index in [0.717, 1.165) is 24.3 Å². The second-order valence-electron chi connectivity index (χ2n) is 6.25. The average Bonchev–Trinajstić information content (AvgIpc) is 3.11. The topological polar surface area (TPSA) is 47.6 Å². The first kappa shape index (κ1) is 17.6. The molecule has 2 aromatic rings. The maximum atomic E-state index is 12.3. The van der Waals surface area contributed by atoms with E-state index in [9.17, 15) is 4.79 Å². The Balaban J connectivity index is 1.51. The van der Waals surface area contributed by atoms with Crippen molar-refractivity contribution in [3.63, 3.8) is 0 Å². The molecule has 5 heteroatoms. The summed E-state index contributed by atoms with van der Waals surface area (Å²) in [5, 5.41) is 3.48. The van der Waals surface area contributed by atoms with Gasteiger partial charge in [0, 0.05) is 10.7 Å². The highest BCUT2D eigenvalue weighted by Gasteiger charge is 2.17. The monoisotopic (exact) mass is 359 g/mol. The number of carbonyl (C=O) groups is 1. The molecule has 4 nitrogen and oxygen atoms in total. The first-order valence-corrected chi connectivity index (χ1v) is 8.98. The van der Waals surface area contributed by atoms with Crippen molar-refractivity contribution in [3.05, 3.63) is 53.6 Å². The van der Waals surface area contributed by atoms with Gasteiger partial charge in [0.1, 0.15) is 11.5 Å². The van der Waals surface area contributed by atoms with Gasteiger partial charge >= 0.3 is 0 Å². The van der Waals surface area contributed by atoms with Crippen LogP contribution >= 0.6 is 11.6 Å². The summed E-state index contributed by atoms with van der Waals surface area (Å²) in [6.45, 7) is 1.71. The summed E-state index contributed by atoms with van der Waals surface area (Å²) >= 11 is 5.84. The first-order chi connectivity index (χ1) is 12.1. The minimum atomic E-state index is -0.615. The van der Waals surface area contributed by atoms with Gasteiger partial charge in [-0.15, -0.1) is 0 Å². The van der Waals surface area contributed by atoms with E-state index in [4.69, 9.17) is 21.1 Å². The number of benzene rings is 2. The van der Waals surface area contributed by atoms with E-state index in [-0.39, 0.29) is 5.91 Å². The van der Waals surface area contributed by atoms with Crippen molar-refractivity contribution in [2.75, 3.05) is 5.32 Å². The number of ether oxygens (including phenoxy) is 2. The SMILES string of the molecule is C[C@@H](Oc1ccc(Cl)cc1)C(=O)Nc1ccc(OC2CCCC2)cc1. The largest absolute Gasteiger partial charge is 0.490 e. The van der Waals surface area contributed by atoms with Gasteiger partial charge in [-0.05, 0) is 81.1 Å². The van der Waals surface area contributed by atoms with Gasteiger partial charge in [0.05, 0.1) is 6.10 Å². The van der Waals surface area contributed by atoms with Crippen LogP contribution in [0.4, 0.5) is 5.69 Å². The Labute approximate surface area is 153 Å². The molecule has 132 valence electrons. The second-order valence-corrected chi connectivity index (χ2v) is 6.69. The quantitative estimate of drug-likeness (QED) is 0.783. The Morgan fingerprint density at radius 3 is 2.28 bits per heavy atom.